The number of nitrogen functional groups attached to an aromatic ring is 1. The molecule has 232 valence electrons. The Morgan fingerprint density at radius 2 is 1.88 bits per heavy atom. The molecule has 2 aliphatic rings. The highest BCUT2D eigenvalue weighted by atomic mass is 19.4. The van der Waals surface area contributed by atoms with Gasteiger partial charge in [-0.15, -0.1) is 0 Å². The maximum atomic E-state index is 14.7. The number of ether oxygens (including phenoxy) is 1. The molecule has 10 nitrogen and oxygen atoms in total. The van der Waals surface area contributed by atoms with E-state index in [1.54, 1.807) is 35.7 Å². The summed E-state index contributed by atoms with van der Waals surface area (Å²) in [5.74, 6) is -3.15. The van der Waals surface area contributed by atoms with Crippen LogP contribution in [0.2, 0.25) is 0 Å². The lowest BCUT2D eigenvalue weighted by Gasteiger charge is -2.31. The lowest BCUT2D eigenvalue weighted by Crippen LogP contribution is -2.42. The number of piperidine rings is 1. The molecular formula is C27H29F6N7O3. The Labute approximate surface area is 241 Å². The van der Waals surface area contributed by atoms with Crippen LogP contribution in [0.3, 0.4) is 0 Å². The van der Waals surface area contributed by atoms with E-state index in [0.717, 1.165) is 4.90 Å². The average molecular weight is 614 g/mol. The maximum absolute atomic E-state index is 14.7. The molecule has 2 fully saturated rings. The van der Waals surface area contributed by atoms with Crippen LogP contribution in [0.1, 0.15) is 34.3 Å². The normalized spacial score (nSPS) is 20.9. The summed E-state index contributed by atoms with van der Waals surface area (Å²) in [6, 6.07) is 5.65. The second-order valence-corrected chi connectivity index (χ2v) is 10.8. The predicted molar refractivity (Wildman–Crippen MR) is 142 cm³/mol. The summed E-state index contributed by atoms with van der Waals surface area (Å²) in [6.45, 7) is -0.286. The molecule has 0 aliphatic carbocycles. The minimum Gasteiger partial charge on any atom is -0.440 e. The Morgan fingerprint density at radius 1 is 1.16 bits per heavy atom. The predicted octanol–water partition coefficient (Wildman–Crippen LogP) is 3.97. The average Bonchev–Trinajstić information content (AvgIpc) is 3.49. The molecule has 2 saturated heterocycles. The zero-order valence-corrected chi connectivity index (χ0v) is 23.0. The third-order valence-electron chi connectivity index (χ3n) is 7.60. The van der Waals surface area contributed by atoms with Crippen molar-refractivity contribution < 1.29 is 40.7 Å². The van der Waals surface area contributed by atoms with Crippen LogP contribution in [0.25, 0.3) is 16.8 Å². The number of aryl methyl sites for hydroxylation is 1. The van der Waals surface area contributed by atoms with Gasteiger partial charge in [0.15, 0.2) is 12.4 Å². The molecule has 43 heavy (non-hydrogen) atoms. The van der Waals surface area contributed by atoms with Crippen LogP contribution in [0, 0.1) is 6.92 Å². The largest absolute Gasteiger partial charge is 0.440 e. The van der Waals surface area contributed by atoms with E-state index in [2.05, 4.69) is 20.1 Å². The number of amides is 2. The first-order valence-electron chi connectivity index (χ1n) is 13.5. The number of hydrogen-bond donors (Lipinski definition) is 2. The number of carbonyl (C=O) groups is 2. The van der Waals surface area contributed by atoms with Gasteiger partial charge in [-0.05, 0) is 30.2 Å². The number of nitrogens with two attached hydrogens (primary N) is 1. The zero-order chi connectivity index (χ0) is 31.1. The third-order valence-corrected chi connectivity index (χ3v) is 7.60. The van der Waals surface area contributed by atoms with Gasteiger partial charge in [-0.25, -0.2) is 27.5 Å². The minimum atomic E-state index is -4.73. The number of fused-ring (bicyclic) bond motifs is 1. The van der Waals surface area contributed by atoms with Crippen LogP contribution in [-0.4, -0.2) is 93.5 Å². The molecule has 2 amide bonds. The van der Waals surface area contributed by atoms with Crippen LogP contribution >= 0.6 is 0 Å². The first-order chi connectivity index (χ1) is 20.2. The summed E-state index contributed by atoms with van der Waals surface area (Å²) in [4.78, 5) is 31.9. The van der Waals surface area contributed by atoms with Crippen molar-refractivity contribution in [3.8, 4) is 11.3 Å². The van der Waals surface area contributed by atoms with E-state index in [1.807, 2.05) is 4.90 Å². The number of nitrogens with one attached hydrogen (secondary N) is 1. The number of benzene rings is 1. The van der Waals surface area contributed by atoms with Crippen molar-refractivity contribution in [2.75, 3.05) is 38.5 Å². The molecule has 2 atom stereocenters. The summed E-state index contributed by atoms with van der Waals surface area (Å²) in [5.41, 5.74) is 9.25. The van der Waals surface area contributed by atoms with Crippen molar-refractivity contribution in [1.82, 2.24) is 29.7 Å². The molecule has 3 N–H and O–H groups in total. The first kappa shape index (κ1) is 30.4. The SMILES string of the molecule is Cc1ccc(-c2cc(CN3CCC(F)(F)CC3)c3c(N)ncnn23)cc1C(=O)NC1CN(C(=O)OCC(F)(F)F)CC1F. The number of nitrogens with zero attached hydrogens (tertiary/aromatic N) is 5. The fourth-order valence-corrected chi connectivity index (χ4v) is 5.31. The van der Waals surface area contributed by atoms with Crippen molar-refractivity contribution in [1.29, 1.82) is 0 Å². The molecule has 2 unspecified atom stereocenters. The fraction of sp³-hybridized carbons (Fsp3) is 0.481. The van der Waals surface area contributed by atoms with Gasteiger partial charge in [0.25, 0.3) is 11.8 Å². The van der Waals surface area contributed by atoms with Gasteiger partial charge in [0.1, 0.15) is 18.0 Å². The third kappa shape index (κ3) is 6.78. The Morgan fingerprint density at radius 3 is 2.58 bits per heavy atom. The highest BCUT2D eigenvalue weighted by Gasteiger charge is 2.39. The summed E-state index contributed by atoms with van der Waals surface area (Å²) in [7, 11) is 0. The number of likely N-dealkylation sites (tertiary alicyclic amines) is 2. The Kier molecular flexibility index (Phi) is 8.15. The van der Waals surface area contributed by atoms with Gasteiger partial charge in [-0.1, -0.05) is 12.1 Å². The molecule has 0 radical (unpaired) electrons. The van der Waals surface area contributed by atoms with Crippen LogP contribution < -0.4 is 11.1 Å². The van der Waals surface area contributed by atoms with Crippen molar-refractivity contribution in [2.24, 2.45) is 0 Å². The molecule has 0 spiro atoms. The Bertz CT molecular complexity index is 1520. The lowest BCUT2D eigenvalue weighted by atomic mass is 10.0. The highest BCUT2D eigenvalue weighted by molar-refractivity contribution is 5.97. The second-order valence-electron chi connectivity index (χ2n) is 10.8. The van der Waals surface area contributed by atoms with E-state index < -0.39 is 49.5 Å². The number of anilines is 1. The molecular weight excluding hydrogens is 584 g/mol. The van der Waals surface area contributed by atoms with Gasteiger partial charge in [-0.3, -0.25) is 9.69 Å². The number of hydrogen-bond acceptors (Lipinski definition) is 7. The van der Waals surface area contributed by atoms with Crippen LogP contribution in [0.5, 0.6) is 0 Å². The summed E-state index contributed by atoms with van der Waals surface area (Å²) < 4.78 is 84.9. The van der Waals surface area contributed by atoms with Crippen molar-refractivity contribution in [3.63, 3.8) is 0 Å². The topological polar surface area (TPSA) is 118 Å². The van der Waals surface area contributed by atoms with Gasteiger partial charge in [0.2, 0.25) is 0 Å². The standard InChI is InChI=1S/C27H29F6N7O3/c1-15-2-3-16(8-18(15)24(41)37-20-12-39(11-19(20)28)25(42)43-13-27(31,32)33)21-9-17(22-23(34)35-14-36-40(21)22)10-38-6-4-26(29,30)5-7-38/h2-3,8-9,14,19-20H,4-7,10-13H2,1H3,(H,37,41)(H2,34,35,36). The molecule has 0 bridgehead atoms. The minimum absolute atomic E-state index is 0.192. The number of rotatable bonds is 6. The monoisotopic (exact) mass is 613 g/mol. The first-order valence-corrected chi connectivity index (χ1v) is 13.5. The molecule has 3 aromatic rings. The van der Waals surface area contributed by atoms with E-state index in [0.29, 0.717) is 34.4 Å². The molecule has 5 rings (SSSR count). The van der Waals surface area contributed by atoms with E-state index in [1.165, 1.54) is 6.33 Å². The highest BCUT2D eigenvalue weighted by Crippen LogP contribution is 2.33. The van der Waals surface area contributed by atoms with E-state index in [-0.39, 0.29) is 43.9 Å². The molecule has 16 heteroatoms. The Balaban J connectivity index is 1.35. The zero-order valence-electron chi connectivity index (χ0n) is 23.0. The molecule has 2 aliphatic heterocycles. The molecule has 4 heterocycles. The van der Waals surface area contributed by atoms with Crippen LogP contribution in [0.15, 0.2) is 30.6 Å². The smallest absolute Gasteiger partial charge is 0.422 e. The van der Waals surface area contributed by atoms with Crippen molar-refractivity contribution in [2.45, 2.75) is 50.6 Å². The van der Waals surface area contributed by atoms with Gasteiger partial charge >= 0.3 is 12.3 Å². The summed E-state index contributed by atoms with van der Waals surface area (Å²) in [5, 5.41) is 6.85. The summed E-state index contributed by atoms with van der Waals surface area (Å²) >= 11 is 0. The van der Waals surface area contributed by atoms with Gasteiger partial charge in [0, 0.05) is 50.1 Å². The molecule has 2 aromatic heterocycles. The lowest BCUT2D eigenvalue weighted by molar-refractivity contribution is -0.162. The number of carbonyl (C=O) groups excluding carboxylic acids is 2. The second kappa shape index (κ2) is 11.5. The molecule has 1 aromatic carbocycles. The quantitative estimate of drug-likeness (QED) is 0.404. The van der Waals surface area contributed by atoms with Crippen LogP contribution in [-0.2, 0) is 11.3 Å². The number of aromatic nitrogens is 3. The summed E-state index contributed by atoms with van der Waals surface area (Å²) in [6.07, 6.45) is -7.01. The van der Waals surface area contributed by atoms with Gasteiger partial charge < -0.3 is 20.7 Å². The van der Waals surface area contributed by atoms with E-state index in [9.17, 15) is 35.9 Å². The number of alkyl halides is 6. The van der Waals surface area contributed by atoms with Crippen LogP contribution in [0.4, 0.5) is 37.0 Å². The van der Waals surface area contributed by atoms with E-state index in [4.69, 9.17) is 5.73 Å². The Hall–Kier alpha value is -4.08. The fourth-order valence-electron chi connectivity index (χ4n) is 5.31. The van der Waals surface area contributed by atoms with Gasteiger partial charge in [-0.2, -0.15) is 18.3 Å². The van der Waals surface area contributed by atoms with Crippen molar-refractivity contribution in [3.05, 3.63) is 47.3 Å². The molecule has 0 saturated carbocycles. The number of halogens is 6. The van der Waals surface area contributed by atoms with E-state index >= 15 is 0 Å². The maximum Gasteiger partial charge on any atom is 0.422 e. The van der Waals surface area contributed by atoms with Gasteiger partial charge in [0.05, 0.1) is 18.3 Å². The van der Waals surface area contributed by atoms with Crippen molar-refractivity contribution >= 4 is 23.3 Å².